The van der Waals surface area contributed by atoms with Gasteiger partial charge in [-0.1, -0.05) is 22.0 Å². The molecule has 1 heterocycles. The van der Waals surface area contributed by atoms with Gasteiger partial charge < -0.3 is 10.2 Å². The van der Waals surface area contributed by atoms with Crippen molar-refractivity contribution < 1.29 is 9.59 Å². The summed E-state index contributed by atoms with van der Waals surface area (Å²) in [5, 5.41) is 2.93. The van der Waals surface area contributed by atoms with E-state index >= 15 is 0 Å². The van der Waals surface area contributed by atoms with Crippen LogP contribution in [0.5, 0.6) is 0 Å². The molecule has 1 fully saturated rings. The van der Waals surface area contributed by atoms with Gasteiger partial charge in [-0.05, 0) is 61.4 Å². The smallest absolute Gasteiger partial charge is 0.229 e. The van der Waals surface area contributed by atoms with Crippen molar-refractivity contribution in [2.45, 2.75) is 20.3 Å². The summed E-state index contributed by atoms with van der Waals surface area (Å²) in [7, 11) is 0. The van der Waals surface area contributed by atoms with E-state index in [1.165, 1.54) is 5.56 Å². The molecular weight excluding hydrogens is 368 g/mol. The van der Waals surface area contributed by atoms with Crippen LogP contribution in [-0.4, -0.2) is 18.4 Å². The van der Waals surface area contributed by atoms with Gasteiger partial charge in [0.25, 0.3) is 0 Å². The monoisotopic (exact) mass is 386 g/mol. The van der Waals surface area contributed by atoms with Gasteiger partial charge in [0.05, 0.1) is 5.92 Å². The van der Waals surface area contributed by atoms with E-state index < -0.39 is 0 Å². The summed E-state index contributed by atoms with van der Waals surface area (Å²) in [5.41, 5.74) is 3.92. The zero-order chi connectivity index (χ0) is 17.3. The SMILES string of the molecule is Cc1ccc(NC(=O)C2CC(=O)N(c3ccc(Br)cc3)C2)cc1C. The second-order valence-corrected chi connectivity index (χ2v) is 7.09. The maximum Gasteiger partial charge on any atom is 0.229 e. The number of aryl methyl sites for hydroxylation is 2. The molecule has 124 valence electrons. The van der Waals surface area contributed by atoms with Gasteiger partial charge in [0, 0.05) is 28.8 Å². The first-order chi connectivity index (χ1) is 11.4. The molecule has 5 heteroatoms. The number of benzene rings is 2. The highest BCUT2D eigenvalue weighted by Crippen LogP contribution is 2.27. The third kappa shape index (κ3) is 3.51. The van der Waals surface area contributed by atoms with Gasteiger partial charge in [-0.15, -0.1) is 0 Å². The number of halogens is 1. The summed E-state index contributed by atoms with van der Waals surface area (Å²) < 4.78 is 0.960. The number of nitrogens with zero attached hydrogens (tertiary/aromatic N) is 1. The highest BCUT2D eigenvalue weighted by molar-refractivity contribution is 9.10. The van der Waals surface area contributed by atoms with Crippen LogP contribution >= 0.6 is 15.9 Å². The molecule has 24 heavy (non-hydrogen) atoms. The second-order valence-electron chi connectivity index (χ2n) is 6.17. The highest BCUT2D eigenvalue weighted by Gasteiger charge is 2.35. The minimum atomic E-state index is -0.331. The Morgan fingerprint density at radius 1 is 1.12 bits per heavy atom. The Hall–Kier alpha value is -2.14. The lowest BCUT2D eigenvalue weighted by molar-refractivity contribution is -0.122. The molecule has 1 aliphatic rings. The first kappa shape index (κ1) is 16.7. The van der Waals surface area contributed by atoms with Gasteiger partial charge in [0.15, 0.2) is 0 Å². The Morgan fingerprint density at radius 3 is 2.50 bits per heavy atom. The number of carbonyl (C=O) groups excluding carboxylic acids is 2. The Kier molecular flexibility index (Phi) is 4.71. The average Bonchev–Trinajstić information content (AvgIpc) is 2.94. The van der Waals surface area contributed by atoms with Gasteiger partial charge >= 0.3 is 0 Å². The van der Waals surface area contributed by atoms with Crippen LogP contribution in [0.15, 0.2) is 46.9 Å². The van der Waals surface area contributed by atoms with Crippen molar-refractivity contribution in [2.75, 3.05) is 16.8 Å². The van der Waals surface area contributed by atoms with Gasteiger partial charge in [0.2, 0.25) is 11.8 Å². The van der Waals surface area contributed by atoms with Crippen molar-refractivity contribution in [3.8, 4) is 0 Å². The summed E-state index contributed by atoms with van der Waals surface area (Å²) in [6.07, 6.45) is 0.243. The van der Waals surface area contributed by atoms with Crippen molar-refractivity contribution in [2.24, 2.45) is 5.92 Å². The van der Waals surface area contributed by atoms with Crippen molar-refractivity contribution in [3.05, 3.63) is 58.1 Å². The first-order valence-corrected chi connectivity index (χ1v) is 8.67. The molecule has 1 saturated heterocycles. The first-order valence-electron chi connectivity index (χ1n) is 7.88. The predicted molar refractivity (Wildman–Crippen MR) is 99.1 cm³/mol. The fourth-order valence-electron chi connectivity index (χ4n) is 2.82. The molecule has 1 unspecified atom stereocenters. The van der Waals surface area contributed by atoms with Gasteiger partial charge in [-0.3, -0.25) is 9.59 Å². The summed E-state index contributed by atoms with van der Waals surface area (Å²) in [4.78, 5) is 26.4. The number of anilines is 2. The highest BCUT2D eigenvalue weighted by atomic mass is 79.9. The number of hydrogen-bond donors (Lipinski definition) is 1. The number of rotatable bonds is 3. The minimum absolute atomic E-state index is 0.0161. The number of carbonyl (C=O) groups is 2. The van der Waals surface area contributed by atoms with Crippen LogP contribution in [0.4, 0.5) is 11.4 Å². The van der Waals surface area contributed by atoms with Crippen LogP contribution in [0.1, 0.15) is 17.5 Å². The summed E-state index contributed by atoms with van der Waals surface area (Å²) in [6, 6.07) is 13.4. The molecule has 2 amide bonds. The number of amides is 2. The van der Waals surface area contributed by atoms with Crippen molar-refractivity contribution in [3.63, 3.8) is 0 Å². The largest absolute Gasteiger partial charge is 0.326 e. The van der Waals surface area contributed by atoms with Gasteiger partial charge in [0.1, 0.15) is 0 Å². The normalized spacial score (nSPS) is 17.2. The van der Waals surface area contributed by atoms with Crippen molar-refractivity contribution in [1.29, 1.82) is 0 Å². The minimum Gasteiger partial charge on any atom is -0.326 e. The zero-order valence-electron chi connectivity index (χ0n) is 13.7. The number of nitrogens with one attached hydrogen (secondary N) is 1. The van der Waals surface area contributed by atoms with E-state index in [-0.39, 0.29) is 24.2 Å². The van der Waals surface area contributed by atoms with Crippen LogP contribution < -0.4 is 10.2 Å². The fourth-order valence-corrected chi connectivity index (χ4v) is 3.08. The number of hydrogen-bond acceptors (Lipinski definition) is 2. The molecule has 1 N–H and O–H groups in total. The lowest BCUT2D eigenvalue weighted by atomic mass is 10.1. The molecule has 4 nitrogen and oxygen atoms in total. The van der Waals surface area contributed by atoms with Crippen LogP contribution in [0.2, 0.25) is 0 Å². The van der Waals surface area contributed by atoms with E-state index in [0.717, 1.165) is 21.4 Å². The summed E-state index contributed by atoms with van der Waals surface area (Å²) in [5.74, 6) is -0.452. The molecule has 0 aliphatic carbocycles. The molecule has 1 aliphatic heterocycles. The Labute approximate surface area is 150 Å². The Bertz CT molecular complexity index is 786. The molecule has 2 aromatic carbocycles. The maximum absolute atomic E-state index is 12.5. The summed E-state index contributed by atoms with van der Waals surface area (Å²) >= 11 is 3.38. The zero-order valence-corrected chi connectivity index (χ0v) is 15.3. The molecule has 3 rings (SSSR count). The average molecular weight is 387 g/mol. The quantitative estimate of drug-likeness (QED) is 0.864. The van der Waals surface area contributed by atoms with E-state index in [4.69, 9.17) is 0 Å². The fraction of sp³-hybridized carbons (Fsp3) is 0.263. The van der Waals surface area contributed by atoms with E-state index in [0.29, 0.717) is 6.54 Å². The lowest BCUT2D eigenvalue weighted by Gasteiger charge is -2.17. The van der Waals surface area contributed by atoms with Crippen LogP contribution in [0.3, 0.4) is 0 Å². The standard InChI is InChI=1S/C19H19BrN2O2/c1-12-3-6-16(9-13(12)2)21-19(24)14-10-18(23)22(11-14)17-7-4-15(20)5-8-17/h3-9,14H,10-11H2,1-2H3,(H,21,24). The molecule has 0 aromatic heterocycles. The molecule has 0 spiro atoms. The molecule has 2 aromatic rings. The molecule has 1 atom stereocenters. The van der Waals surface area contributed by atoms with Crippen molar-refractivity contribution in [1.82, 2.24) is 0 Å². The van der Waals surface area contributed by atoms with Crippen LogP contribution in [-0.2, 0) is 9.59 Å². The molecular formula is C19H19BrN2O2. The van der Waals surface area contributed by atoms with Crippen molar-refractivity contribution >= 4 is 39.1 Å². The van der Waals surface area contributed by atoms with E-state index in [2.05, 4.69) is 21.2 Å². The van der Waals surface area contributed by atoms with E-state index in [9.17, 15) is 9.59 Å². The molecule has 0 saturated carbocycles. The van der Waals surface area contributed by atoms with Gasteiger partial charge in [-0.25, -0.2) is 0 Å². The van der Waals surface area contributed by atoms with E-state index in [1.807, 2.05) is 56.3 Å². The van der Waals surface area contributed by atoms with Gasteiger partial charge in [-0.2, -0.15) is 0 Å². The third-order valence-corrected chi connectivity index (χ3v) is 4.94. The molecule has 0 bridgehead atoms. The molecule has 0 radical (unpaired) electrons. The third-order valence-electron chi connectivity index (χ3n) is 4.41. The summed E-state index contributed by atoms with van der Waals surface area (Å²) in [6.45, 7) is 4.46. The van der Waals surface area contributed by atoms with E-state index in [1.54, 1.807) is 4.90 Å². The predicted octanol–water partition coefficient (Wildman–Crippen LogP) is 4.06. The topological polar surface area (TPSA) is 49.4 Å². The lowest BCUT2D eigenvalue weighted by Crippen LogP contribution is -2.28. The second kappa shape index (κ2) is 6.77. The van der Waals surface area contributed by atoms with Crippen LogP contribution in [0.25, 0.3) is 0 Å². The maximum atomic E-state index is 12.5. The Morgan fingerprint density at radius 2 is 1.83 bits per heavy atom. The van der Waals surface area contributed by atoms with Crippen LogP contribution in [0, 0.1) is 19.8 Å². The Balaban J connectivity index is 1.69.